The SMILES string of the molecule is CO[C@H]1[C@H]2[C@H](O)[C@@]3(O[C@]2(C)CO)[C@@H](C)C2(CC[C@]3(C)[C@H]1OC)OCCO2. The van der Waals surface area contributed by atoms with Crippen LogP contribution in [-0.4, -0.2) is 79.6 Å². The number of rotatable bonds is 3. The van der Waals surface area contributed by atoms with Gasteiger partial charge < -0.3 is 33.9 Å². The summed E-state index contributed by atoms with van der Waals surface area (Å²) >= 11 is 0. The second-order valence-electron chi connectivity index (χ2n) is 8.84. The summed E-state index contributed by atoms with van der Waals surface area (Å²) < 4.78 is 30.6. The molecular weight excluding hydrogens is 340 g/mol. The summed E-state index contributed by atoms with van der Waals surface area (Å²) in [5.74, 6) is -1.39. The van der Waals surface area contributed by atoms with Gasteiger partial charge in [0.05, 0.1) is 43.7 Å². The Hall–Kier alpha value is -0.280. The van der Waals surface area contributed by atoms with Crippen LogP contribution in [0.5, 0.6) is 0 Å². The normalized spacial score (nSPS) is 55.3. The predicted octanol–water partition coefficient (Wildman–Crippen LogP) is 0.706. The summed E-state index contributed by atoms with van der Waals surface area (Å²) in [6.07, 6.45) is -0.0452. The second-order valence-corrected chi connectivity index (χ2v) is 8.84. The van der Waals surface area contributed by atoms with E-state index in [4.69, 9.17) is 23.7 Å². The third-order valence-electron chi connectivity index (χ3n) is 7.97. The Morgan fingerprint density at radius 1 is 1.08 bits per heavy atom. The number of fused-ring (bicyclic) bond motifs is 1. The highest BCUT2D eigenvalue weighted by Crippen LogP contribution is 2.68. The van der Waals surface area contributed by atoms with Gasteiger partial charge >= 0.3 is 0 Å². The van der Waals surface area contributed by atoms with E-state index >= 15 is 0 Å². The molecular formula is C19H32O7. The number of hydrogen-bond donors (Lipinski definition) is 2. The second kappa shape index (κ2) is 5.86. The Morgan fingerprint density at radius 3 is 2.27 bits per heavy atom. The Bertz CT molecular complexity index is 564. The van der Waals surface area contributed by atoms with Crippen LogP contribution in [0.25, 0.3) is 0 Å². The van der Waals surface area contributed by atoms with Gasteiger partial charge in [0.1, 0.15) is 5.60 Å². The molecule has 4 aliphatic rings. The van der Waals surface area contributed by atoms with Gasteiger partial charge in [0.25, 0.3) is 0 Å². The molecule has 7 nitrogen and oxygen atoms in total. The smallest absolute Gasteiger partial charge is 0.173 e. The molecule has 7 heteroatoms. The average molecular weight is 372 g/mol. The fourth-order valence-corrected chi connectivity index (χ4v) is 6.69. The largest absolute Gasteiger partial charge is 0.393 e. The van der Waals surface area contributed by atoms with Gasteiger partial charge in [0, 0.05) is 37.9 Å². The van der Waals surface area contributed by atoms with Gasteiger partial charge in [-0.15, -0.1) is 0 Å². The van der Waals surface area contributed by atoms with Crippen molar-refractivity contribution in [3.8, 4) is 0 Å². The summed E-state index contributed by atoms with van der Waals surface area (Å²) in [4.78, 5) is 0. The minimum atomic E-state index is -0.951. The Kier molecular flexibility index (Phi) is 4.29. The number of aliphatic hydroxyl groups is 2. The van der Waals surface area contributed by atoms with E-state index in [2.05, 4.69) is 6.92 Å². The standard InChI is InChI=1S/C19H32O7/c1-11-18(24-8-9-25-18)7-6-16(2)15(23-5)13(22-4)12-14(21)19(11,16)26-17(12,3)10-20/h11-15,20-21H,6-10H2,1-5H3/t11-,12-,13-,14-,15-,16+,17+,19-/m0/s1. The van der Waals surface area contributed by atoms with E-state index in [1.165, 1.54) is 0 Å². The lowest BCUT2D eigenvalue weighted by Gasteiger charge is -2.63. The number of ether oxygens (including phenoxy) is 5. The van der Waals surface area contributed by atoms with Crippen LogP contribution < -0.4 is 0 Å². The molecule has 2 saturated heterocycles. The quantitative estimate of drug-likeness (QED) is 0.754. The molecule has 0 aromatic heterocycles. The molecule has 26 heavy (non-hydrogen) atoms. The van der Waals surface area contributed by atoms with Crippen LogP contribution in [0.15, 0.2) is 0 Å². The molecule has 4 fully saturated rings. The Labute approximate surface area is 154 Å². The first-order valence-electron chi connectivity index (χ1n) is 9.59. The van der Waals surface area contributed by atoms with Gasteiger partial charge in [-0.05, 0) is 13.3 Å². The van der Waals surface area contributed by atoms with Crippen molar-refractivity contribution in [1.29, 1.82) is 0 Å². The Morgan fingerprint density at radius 2 is 1.73 bits per heavy atom. The highest BCUT2D eigenvalue weighted by molar-refractivity contribution is 5.27. The van der Waals surface area contributed by atoms with E-state index in [1.807, 2.05) is 13.8 Å². The van der Waals surface area contributed by atoms with Crippen LogP contribution in [0.4, 0.5) is 0 Å². The van der Waals surface area contributed by atoms with Crippen LogP contribution in [-0.2, 0) is 23.7 Å². The van der Waals surface area contributed by atoms with Gasteiger partial charge in [-0.3, -0.25) is 0 Å². The first kappa shape index (κ1) is 19.1. The maximum absolute atomic E-state index is 11.6. The van der Waals surface area contributed by atoms with E-state index in [-0.39, 0.29) is 24.7 Å². The van der Waals surface area contributed by atoms with Crippen molar-refractivity contribution < 1.29 is 33.9 Å². The summed E-state index contributed by atoms with van der Waals surface area (Å²) in [6, 6.07) is 0. The molecule has 8 atom stereocenters. The zero-order valence-corrected chi connectivity index (χ0v) is 16.4. The number of aliphatic hydroxyl groups excluding tert-OH is 2. The van der Waals surface area contributed by atoms with Crippen molar-refractivity contribution >= 4 is 0 Å². The molecule has 2 bridgehead atoms. The summed E-state index contributed by atoms with van der Waals surface area (Å²) in [5, 5.41) is 21.8. The fourth-order valence-electron chi connectivity index (χ4n) is 6.69. The van der Waals surface area contributed by atoms with Crippen LogP contribution in [0.1, 0.15) is 33.6 Å². The number of hydrogen-bond acceptors (Lipinski definition) is 7. The van der Waals surface area contributed by atoms with Crippen LogP contribution in [0.2, 0.25) is 0 Å². The molecule has 0 aromatic carbocycles. The zero-order valence-electron chi connectivity index (χ0n) is 16.4. The molecule has 2 aliphatic carbocycles. The minimum Gasteiger partial charge on any atom is -0.393 e. The average Bonchev–Trinajstić information content (AvgIpc) is 3.17. The van der Waals surface area contributed by atoms with Crippen molar-refractivity contribution in [1.82, 2.24) is 0 Å². The summed E-state index contributed by atoms with van der Waals surface area (Å²) in [5.41, 5.74) is -2.39. The minimum absolute atomic E-state index is 0.204. The monoisotopic (exact) mass is 372 g/mol. The molecule has 2 N–H and O–H groups in total. The molecule has 0 amide bonds. The zero-order chi connectivity index (χ0) is 19.0. The lowest BCUT2D eigenvalue weighted by atomic mass is 9.48. The van der Waals surface area contributed by atoms with E-state index < -0.39 is 34.4 Å². The third kappa shape index (κ3) is 1.93. The molecule has 2 saturated carbocycles. The van der Waals surface area contributed by atoms with E-state index in [0.29, 0.717) is 26.1 Å². The maximum atomic E-state index is 11.6. The van der Waals surface area contributed by atoms with Gasteiger partial charge in [-0.1, -0.05) is 13.8 Å². The molecule has 150 valence electrons. The van der Waals surface area contributed by atoms with Crippen LogP contribution in [0.3, 0.4) is 0 Å². The van der Waals surface area contributed by atoms with Gasteiger partial charge in [-0.25, -0.2) is 0 Å². The molecule has 2 aliphatic heterocycles. The van der Waals surface area contributed by atoms with E-state index in [1.54, 1.807) is 14.2 Å². The van der Waals surface area contributed by atoms with Crippen LogP contribution >= 0.6 is 0 Å². The molecule has 2 heterocycles. The van der Waals surface area contributed by atoms with Crippen molar-refractivity contribution in [3.05, 3.63) is 0 Å². The molecule has 0 radical (unpaired) electrons. The topological polar surface area (TPSA) is 86.6 Å². The number of methoxy groups -OCH3 is 2. The lowest BCUT2D eigenvalue weighted by Crippen LogP contribution is -2.75. The summed E-state index contributed by atoms with van der Waals surface area (Å²) in [7, 11) is 3.31. The maximum Gasteiger partial charge on any atom is 0.173 e. The fraction of sp³-hybridized carbons (Fsp3) is 1.00. The van der Waals surface area contributed by atoms with Crippen LogP contribution in [0, 0.1) is 17.3 Å². The van der Waals surface area contributed by atoms with Crippen molar-refractivity contribution in [2.75, 3.05) is 34.0 Å². The lowest BCUT2D eigenvalue weighted by molar-refractivity contribution is -0.343. The molecule has 0 unspecified atom stereocenters. The first-order chi connectivity index (χ1) is 12.3. The third-order valence-corrected chi connectivity index (χ3v) is 7.97. The van der Waals surface area contributed by atoms with Gasteiger partial charge in [-0.2, -0.15) is 0 Å². The molecule has 2 spiro atoms. The Balaban J connectivity index is 1.90. The first-order valence-corrected chi connectivity index (χ1v) is 9.59. The van der Waals surface area contributed by atoms with Crippen molar-refractivity contribution in [2.24, 2.45) is 17.3 Å². The molecule has 4 rings (SSSR count). The molecule has 0 aromatic rings. The highest BCUT2D eigenvalue weighted by Gasteiger charge is 2.81. The van der Waals surface area contributed by atoms with E-state index in [0.717, 1.165) is 0 Å². The van der Waals surface area contributed by atoms with E-state index in [9.17, 15) is 10.2 Å². The van der Waals surface area contributed by atoms with Crippen molar-refractivity contribution in [3.63, 3.8) is 0 Å². The predicted molar refractivity (Wildman–Crippen MR) is 91.5 cm³/mol. The highest BCUT2D eigenvalue weighted by atomic mass is 16.7. The van der Waals surface area contributed by atoms with Crippen molar-refractivity contribution in [2.45, 2.75) is 68.9 Å². The van der Waals surface area contributed by atoms with Gasteiger partial charge in [0.2, 0.25) is 0 Å². The summed E-state index contributed by atoms with van der Waals surface area (Å²) in [6.45, 7) is 6.87. The van der Waals surface area contributed by atoms with Gasteiger partial charge in [0.15, 0.2) is 5.79 Å².